The molecular weight excluding hydrogens is 334 g/mol. The molecule has 1 aliphatic rings. The van der Waals surface area contributed by atoms with Crippen molar-refractivity contribution in [3.63, 3.8) is 0 Å². The maximum Gasteiger partial charge on any atom is 0.202 e. The van der Waals surface area contributed by atoms with Crippen LogP contribution in [0.3, 0.4) is 0 Å². The van der Waals surface area contributed by atoms with Crippen molar-refractivity contribution in [3.05, 3.63) is 47.1 Å². The number of nitrogens with zero attached hydrogens (tertiary/aromatic N) is 1. The van der Waals surface area contributed by atoms with Crippen LogP contribution in [-0.2, 0) is 9.57 Å². The minimum Gasteiger partial charge on any atom is -0.382 e. The molecule has 0 aromatic heterocycles. The topological polar surface area (TPSA) is 54.9 Å². The number of hydrogen-bond acceptors (Lipinski definition) is 5. The van der Waals surface area contributed by atoms with E-state index in [-0.39, 0.29) is 0 Å². The van der Waals surface area contributed by atoms with Gasteiger partial charge in [-0.15, -0.1) is 0 Å². The summed E-state index contributed by atoms with van der Waals surface area (Å²) >= 11 is 3.24. The molecule has 1 rings (SSSR count). The third-order valence-electron chi connectivity index (χ3n) is 2.69. The predicted octanol–water partition coefficient (Wildman–Crippen LogP) is 3.14. The monoisotopic (exact) mass is 355 g/mol. The van der Waals surface area contributed by atoms with Crippen LogP contribution in [0, 0.1) is 0 Å². The molecule has 1 fully saturated rings. The number of hydrogen-bond donors (Lipinski definition) is 2. The largest absolute Gasteiger partial charge is 0.382 e. The maximum absolute atomic E-state index is 5.27. The van der Waals surface area contributed by atoms with E-state index in [1.54, 1.807) is 0 Å². The number of allylic oxidation sites excluding steroid dienone is 7. The summed E-state index contributed by atoms with van der Waals surface area (Å²) in [5, 5.41) is 0. The fourth-order valence-corrected chi connectivity index (χ4v) is 1.71. The smallest absolute Gasteiger partial charge is 0.202 e. The number of aliphatic imine (C=N–C) groups is 1. The second-order valence-electron chi connectivity index (χ2n) is 4.48. The molecule has 1 heterocycles. The van der Waals surface area contributed by atoms with Gasteiger partial charge in [0.2, 0.25) is 6.40 Å². The van der Waals surface area contributed by atoms with Gasteiger partial charge in [0.05, 0.1) is 0 Å². The Hall–Kier alpha value is -1.21. The second kappa shape index (κ2) is 11.4. The van der Waals surface area contributed by atoms with Crippen LogP contribution in [0.2, 0.25) is 0 Å². The summed E-state index contributed by atoms with van der Waals surface area (Å²) < 4.78 is 6.10. The molecule has 0 atom stereocenters. The van der Waals surface area contributed by atoms with Crippen LogP contribution >= 0.6 is 15.9 Å². The van der Waals surface area contributed by atoms with Gasteiger partial charge in [-0.2, -0.15) is 0 Å². The number of ether oxygens (including phenoxy) is 1. The SMILES string of the molecule is C=C(Br)/C=C/C=C\C=C(/C)N=CONNC1CCOCC1. The van der Waals surface area contributed by atoms with Gasteiger partial charge in [-0.1, -0.05) is 46.3 Å². The number of halogens is 1. The van der Waals surface area contributed by atoms with E-state index < -0.39 is 0 Å². The first kappa shape index (κ1) is 17.8. The van der Waals surface area contributed by atoms with Gasteiger partial charge < -0.3 is 9.57 Å². The average molecular weight is 356 g/mol. The Kier molecular flexibility index (Phi) is 9.73. The fraction of sp³-hybridized carbons (Fsp3) is 0.400. The molecule has 0 aromatic carbocycles. The summed E-state index contributed by atoms with van der Waals surface area (Å²) in [6.07, 6.45) is 12.7. The van der Waals surface area contributed by atoms with Crippen molar-refractivity contribution >= 4 is 22.3 Å². The van der Waals surface area contributed by atoms with E-state index in [0.29, 0.717) is 6.04 Å². The Morgan fingerprint density at radius 2 is 2.10 bits per heavy atom. The molecule has 0 unspecified atom stereocenters. The zero-order valence-corrected chi connectivity index (χ0v) is 13.8. The maximum atomic E-state index is 5.27. The van der Waals surface area contributed by atoms with Gasteiger partial charge in [-0.25, -0.2) is 10.4 Å². The van der Waals surface area contributed by atoms with Crippen molar-refractivity contribution in [1.82, 2.24) is 11.0 Å². The van der Waals surface area contributed by atoms with Crippen molar-refractivity contribution in [2.75, 3.05) is 13.2 Å². The van der Waals surface area contributed by atoms with Gasteiger partial charge in [0.1, 0.15) is 0 Å². The van der Waals surface area contributed by atoms with Crippen LogP contribution in [0.1, 0.15) is 19.8 Å². The number of rotatable bonds is 8. The summed E-state index contributed by atoms with van der Waals surface area (Å²) in [6.45, 7) is 7.17. The lowest BCUT2D eigenvalue weighted by atomic mass is 10.1. The number of nitrogens with one attached hydrogen (secondary N) is 2. The molecule has 6 heteroatoms. The van der Waals surface area contributed by atoms with Gasteiger partial charge in [0, 0.05) is 29.4 Å². The summed E-state index contributed by atoms with van der Waals surface area (Å²) in [7, 11) is 0. The summed E-state index contributed by atoms with van der Waals surface area (Å²) in [6, 6.07) is 0.377. The van der Waals surface area contributed by atoms with E-state index in [4.69, 9.17) is 9.57 Å². The predicted molar refractivity (Wildman–Crippen MR) is 89.8 cm³/mol. The lowest BCUT2D eigenvalue weighted by molar-refractivity contribution is 0.0488. The van der Waals surface area contributed by atoms with Crippen molar-refractivity contribution in [1.29, 1.82) is 0 Å². The van der Waals surface area contributed by atoms with E-state index in [2.05, 4.69) is 38.5 Å². The molecule has 0 spiro atoms. The molecule has 0 saturated carbocycles. The molecule has 2 N–H and O–H groups in total. The second-order valence-corrected chi connectivity index (χ2v) is 5.50. The van der Waals surface area contributed by atoms with E-state index >= 15 is 0 Å². The first-order valence-corrected chi connectivity index (χ1v) is 7.60. The highest BCUT2D eigenvalue weighted by atomic mass is 79.9. The molecule has 0 aromatic rings. The van der Waals surface area contributed by atoms with Gasteiger partial charge >= 0.3 is 0 Å². The highest BCUT2D eigenvalue weighted by molar-refractivity contribution is 9.11. The Morgan fingerprint density at radius 3 is 2.81 bits per heavy atom. The average Bonchev–Trinajstić information content (AvgIpc) is 2.47. The molecule has 0 radical (unpaired) electrons. The fourth-order valence-electron chi connectivity index (χ4n) is 1.56. The first-order valence-electron chi connectivity index (χ1n) is 6.81. The number of hydrazine groups is 1. The van der Waals surface area contributed by atoms with E-state index in [0.717, 1.165) is 36.2 Å². The van der Waals surface area contributed by atoms with Crippen LogP contribution in [0.4, 0.5) is 0 Å². The highest BCUT2D eigenvalue weighted by Crippen LogP contribution is 2.04. The zero-order chi connectivity index (χ0) is 15.3. The molecule has 5 nitrogen and oxygen atoms in total. The molecule has 21 heavy (non-hydrogen) atoms. The van der Waals surface area contributed by atoms with Crippen molar-refractivity contribution < 1.29 is 9.57 Å². The van der Waals surface area contributed by atoms with Crippen LogP contribution < -0.4 is 11.0 Å². The zero-order valence-electron chi connectivity index (χ0n) is 12.2. The Morgan fingerprint density at radius 1 is 1.33 bits per heavy atom. The minimum atomic E-state index is 0.377. The molecule has 0 aliphatic carbocycles. The van der Waals surface area contributed by atoms with Crippen molar-refractivity contribution in [2.45, 2.75) is 25.8 Å². The van der Waals surface area contributed by atoms with Crippen molar-refractivity contribution in [3.8, 4) is 0 Å². The van der Waals surface area contributed by atoms with Crippen LogP contribution in [-0.4, -0.2) is 25.7 Å². The Balaban J connectivity index is 2.14. The van der Waals surface area contributed by atoms with Crippen molar-refractivity contribution in [2.24, 2.45) is 4.99 Å². The molecule has 1 aliphatic heterocycles. The normalized spacial score (nSPS) is 18.1. The van der Waals surface area contributed by atoms with Gasteiger partial charge in [-0.3, -0.25) is 0 Å². The molecule has 0 bridgehead atoms. The lowest BCUT2D eigenvalue weighted by Crippen LogP contribution is -2.43. The molecular formula is C15H22BrN3O2. The molecule has 116 valence electrons. The van der Waals surface area contributed by atoms with Gasteiger partial charge in [-0.05, 0) is 31.9 Å². The van der Waals surface area contributed by atoms with E-state index in [9.17, 15) is 0 Å². The Labute approximate surface area is 134 Å². The standard InChI is InChI=1S/C15H22BrN3O2/c1-13(16)6-4-3-5-7-14(2)17-12-21-19-18-15-8-10-20-11-9-15/h3-7,12,15,18-19H,1,8-11H2,2H3/b5-3-,6-4+,14-7+,17-12?. The minimum absolute atomic E-state index is 0.377. The lowest BCUT2D eigenvalue weighted by Gasteiger charge is -2.22. The van der Waals surface area contributed by atoms with Gasteiger partial charge in [0.15, 0.2) is 0 Å². The van der Waals surface area contributed by atoms with E-state index in [1.165, 1.54) is 6.40 Å². The van der Waals surface area contributed by atoms with Crippen LogP contribution in [0.5, 0.6) is 0 Å². The van der Waals surface area contributed by atoms with Gasteiger partial charge in [0.25, 0.3) is 0 Å². The molecule has 0 amide bonds. The third kappa shape index (κ3) is 10.2. The van der Waals surface area contributed by atoms with Crippen LogP contribution in [0.25, 0.3) is 0 Å². The Bertz CT molecular complexity index is 425. The quantitative estimate of drug-likeness (QED) is 0.231. The third-order valence-corrected chi connectivity index (χ3v) is 2.95. The van der Waals surface area contributed by atoms with Crippen LogP contribution in [0.15, 0.2) is 52.1 Å². The van der Waals surface area contributed by atoms with E-state index in [1.807, 2.05) is 37.3 Å². The highest BCUT2D eigenvalue weighted by Gasteiger charge is 2.12. The summed E-state index contributed by atoms with van der Waals surface area (Å²) in [5.74, 6) is 0. The first-order chi connectivity index (χ1) is 10.2. The summed E-state index contributed by atoms with van der Waals surface area (Å²) in [5.41, 5.74) is 6.58. The molecule has 1 saturated heterocycles. The summed E-state index contributed by atoms with van der Waals surface area (Å²) in [4.78, 5) is 9.20.